The molecule has 1 rings (SSSR count). The Morgan fingerprint density at radius 3 is 2.16 bits per heavy atom. The standard InChI is InChI=1S/C23H37N3O4S/c1-14-11-10-12-16(15(14)2)18(19(27)25-22(3,4)5)26(9)20(28)17(13-31)24-21(29)30-23(6,7)8/h10-12,17-18,31H,13H2,1-9H3,(H,24,29)(H,25,27). The van der Waals surface area contributed by atoms with E-state index in [4.69, 9.17) is 4.74 Å². The molecule has 0 aliphatic carbocycles. The van der Waals surface area contributed by atoms with Gasteiger partial charge < -0.3 is 20.3 Å². The van der Waals surface area contributed by atoms with Gasteiger partial charge in [-0.3, -0.25) is 9.59 Å². The maximum absolute atomic E-state index is 13.3. The van der Waals surface area contributed by atoms with E-state index in [1.54, 1.807) is 27.8 Å². The number of hydrogen-bond acceptors (Lipinski definition) is 5. The Morgan fingerprint density at radius 1 is 1.10 bits per heavy atom. The predicted molar refractivity (Wildman–Crippen MR) is 126 cm³/mol. The Labute approximate surface area is 191 Å². The third-order valence-corrected chi connectivity index (χ3v) is 4.96. The second-order valence-electron chi connectivity index (χ2n) is 9.76. The number of nitrogens with one attached hydrogen (secondary N) is 2. The zero-order chi connectivity index (χ0) is 24.1. The first-order valence-corrected chi connectivity index (χ1v) is 11.0. The first kappa shape index (κ1) is 26.8. The van der Waals surface area contributed by atoms with Crippen LogP contribution < -0.4 is 10.6 Å². The maximum atomic E-state index is 13.3. The summed E-state index contributed by atoms with van der Waals surface area (Å²) in [5.41, 5.74) is 1.50. The van der Waals surface area contributed by atoms with Crippen LogP contribution in [0.1, 0.15) is 64.3 Å². The lowest BCUT2D eigenvalue weighted by atomic mass is 9.94. The SMILES string of the molecule is Cc1cccc(C(C(=O)NC(C)(C)C)N(C)C(=O)C(CS)NC(=O)OC(C)(C)C)c1C. The van der Waals surface area contributed by atoms with Crippen molar-refractivity contribution < 1.29 is 19.1 Å². The van der Waals surface area contributed by atoms with Gasteiger partial charge in [0.1, 0.15) is 17.7 Å². The third-order valence-electron chi connectivity index (χ3n) is 4.59. The Kier molecular flexibility index (Phi) is 8.99. The molecule has 3 amide bonds. The number of rotatable bonds is 6. The molecule has 0 aliphatic rings. The topological polar surface area (TPSA) is 87.7 Å². The fourth-order valence-electron chi connectivity index (χ4n) is 3.04. The summed E-state index contributed by atoms with van der Waals surface area (Å²) in [6.45, 7) is 14.8. The molecule has 2 N–H and O–H groups in total. The Morgan fingerprint density at radius 2 is 1.68 bits per heavy atom. The minimum Gasteiger partial charge on any atom is -0.444 e. The van der Waals surface area contributed by atoms with Crippen LogP contribution in [0.15, 0.2) is 18.2 Å². The molecular weight excluding hydrogens is 414 g/mol. The molecule has 0 fully saturated rings. The predicted octanol–water partition coefficient (Wildman–Crippen LogP) is 3.54. The van der Waals surface area contributed by atoms with Gasteiger partial charge >= 0.3 is 6.09 Å². The number of nitrogens with zero attached hydrogens (tertiary/aromatic N) is 1. The lowest BCUT2D eigenvalue weighted by molar-refractivity contribution is -0.141. The summed E-state index contributed by atoms with van der Waals surface area (Å²) in [4.78, 5) is 40.1. The summed E-state index contributed by atoms with van der Waals surface area (Å²) >= 11 is 4.23. The smallest absolute Gasteiger partial charge is 0.408 e. The third kappa shape index (κ3) is 8.09. The van der Waals surface area contributed by atoms with Crippen LogP contribution in [0.2, 0.25) is 0 Å². The zero-order valence-electron chi connectivity index (χ0n) is 20.1. The second-order valence-corrected chi connectivity index (χ2v) is 10.1. The molecule has 0 spiro atoms. The Hall–Kier alpha value is -2.22. The van der Waals surface area contributed by atoms with E-state index in [0.29, 0.717) is 0 Å². The van der Waals surface area contributed by atoms with Crippen LogP contribution in [0.3, 0.4) is 0 Å². The van der Waals surface area contributed by atoms with Gasteiger partial charge in [0.15, 0.2) is 0 Å². The molecule has 31 heavy (non-hydrogen) atoms. The van der Waals surface area contributed by atoms with Gasteiger partial charge in [0, 0.05) is 18.3 Å². The Bertz CT molecular complexity index is 812. The van der Waals surface area contributed by atoms with E-state index in [2.05, 4.69) is 23.3 Å². The van der Waals surface area contributed by atoms with E-state index in [0.717, 1.165) is 16.7 Å². The van der Waals surface area contributed by atoms with E-state index < -0.39 is 35.2 Å². The van der Waals surface area contributed by atoms with Crippen molar-refractivity contribution in [1.82, 2.24) is 15.5 Å². The van der Waals surface area contributed by atoms with E-state index in [-0.39, 0.29) is 11.7 Å². The van der Waals surface area contributed by atoms with Crippen molar-refractivity contribution in [2.24, 2.45) is 0 Å². The number of thiol groups is 1. The van der Waals surface area contributed by atoms with Gasteiger partial charge in [-0.15, -0.1) is 0 Å². The molecule has 7 nitrogen and oxygen atoms in total. The molecule has 0 aromatic heterocycles. The van der Waals surface area contributed by atoms with Crippen molar-refractivity contribution >= 4 is 30.5 Å². The summed E-state index contributed by atoms with van der Waals surface area (Å²) in [6, 6.07) is 3.85. The lowest BCUT2D eigenvalue weighted by Gasteiger charge is -2.34. The van der Waals surface area contributed by atoms with E-state index >= 15 is 0 Å². The summed E-state index contributed by atoms with van der Waals surface area (Å²) in [5.74, 6) is -0.675. The Balaban J connectivity index is 3.27. The number of carbonyl (C=O) groups excluding carboxylic acids is 3. The molecule has 1 aromatic carbocycles. The average Bonchev–Trinajstić information content (AvgIpc) is 2.59. The van der Waals surface area contributed by atoms with E-state index in [1.807, 2.05) is 52.8 Å². The van der Waals surface area contributed by atoms with Crippen LogP contribution in [-0.2, 0) is 14.3 Å². The van der Waals surface area contributed by atoms with Gasteiger partial charge in [-0.1, -0.05) is 18.2 Å². The van der Waals surface area contributed by atoms with Crippen LogP contribution in [0.25, 0.3) is 0 Å². The molecule has 2 atom stereocenters. The summed E-state index contributed by atoms with van der Waals surface area (Å²) in [7, 11) is 1.56. The minimum absolute atomic E-state index is 0.0584. The molecule has 0 aliphatic heterocycles. The highest BCUT2D eigenvalue weighted by molar-refractivity contribution is 7.80. The largest absolute Gasteiger partial charge is 0.444 e. The van der Waals surface area contributed by atoms with Crippen LogP contribution >= 0.6 is 12.6 Å². The number of amides is 3. The van der Waals surface area contributed by atoms with Crippen molar-refractivity contribution in [1.29, 1.82) is 0 Å². The monoisotopic (exact) mass is 451 g/mol. The second kappa shape index (κ2) is 10.4. The molecule has 2 unspecified atom stereocenters. The highest BCUT2D eigenvalue weighted by atomic mass is 32.1. The van der Waals surface area contributed by atoms with Gasteiger partial charge in [-0.2, -0.15) is 12.6 Å². The van der Waals surface area contributed by atoms with Gasteiger partial charge in [0.05, 0.1) is 0 Å². The normalized spacial score (nSPS) is 13.7. The molecule has 0 saturated heterocycles. The number of hydrogen-bond donors (Lipinski definition) is 3. The number of benzene rings is 1. The molecule has 174 valence electrons. The summed E-state index contributed by atoms with van der Waals surface area (Å²) in [5, 5.41) is 5.53. The van der Waals surface area contributed by atoms with E-state index in [9.17, 15) is 14.4 Å². The molecular formula is C23H37N3O4S. The molecule has 8 heteroatoms. The first-order chi connectivity index (χ1) is 14.1. The summed E-state index contributed by atoms with van der Waals surface area (Å²) in [6.07, 6.45) is -0.712. The van der Waals surface area contributed by atoms with Gasteiger partial charge in [0.2, 0.25) is 11.8 Å². The lowest BCUT2D eigenvalue weighted by Crippen LogP contribution is -2.54. The minimum atomic E-state index is -0.946. The number of likely N-dealkylation sites (N-methyl/N-ethyl adjacent to an activating group) is 1. The summed E-state index contributed by atoms with van der Waals surface area (Å²) < 4.78 is 5.26. The van der Waals surface area contributed by atoms with Gasteiger partial charge in [0.25, 0.3) is 0 Å². The quantitative estimate of drug-likeness (QED) is 0.577. The van der Waals surface area contributed by atoms with Crippen molar-refractivity contribution in [3.05, 3.63) is 34.9 Å². The van der Waals surface area contributed by atoms with Crippen molar-refractivity contribution in [3.63, 3.8) is 0 Å². The maximum Gasteiger partial charge on any atom is 0.408 e. The fraction of sp³-hybridized carbons (Fsp3) is 0.609. The average molecular weight is 452 g/mol. The molecule has 0 saturated carbocycles. The van der Waals surface area contributed by atoms with Crippen LogP contribution in [-0.4, -0.2) is 52.8 Å². The number of ether oxygens (including phenoxy) is 1. The molecule has 0 radical (unpaired) electrons. The van der Waals surface area contributed by atoms with Crippen molar-refractivity contribution in [2.75, 3.05) is 12.8 Å². The highest BCUT2D eigenvalue weighted by Crippen LogP contribution is 2.27. The first-order valence-electron chi connectivity index (χ1n) is 10.3. The number of alkyl carbamates (subject to hydrolysis) is 1. The van der Waals surface area contributed by atoms with Crippen molar-refractivity contribution in [3.8, 4) is 0 Å². The zero-order valence-corrected chi connectivity index (χ0v) is 21.0. The molecule has 0 heterocycles. The van der Waals surface area contributed by atoms with Crippen LogP contribution in [0.4, 0.5) is 4.79 Å². The van der Waals surface area contributed by atoms with Crippen molar-refractivity contribution in [2.45, 2.75) is 78.6 Å². The van der Waals surface area contributed by atoms with Crippen LogP contribution in [0.5, 0.6) is 0 Å². The fourth-order valence-corrected chi connectivity index (χ4v) is 3.29. The highest BCUT2D eigenvalue weighted by Gasteiger charge is 2.35. The van der Waals surface area contributed by atoms with Gasteiger partial charge in [-0.25, -0.2) is 4.79 Å². The van der Waals surface area contributed by atoms with Crippen LogP contribution in [0, 0.1) is 13.8 Å². The molecule has 1 aromatic rings. The number of carbonyl (C=O) groups is 3. The number of aryl methyl sites for hydroxylation is 1. The van der Waals surface area contributed by atoms with E-state index in [1.165, 1.54) is 4.90 Å². The van der Waals surface area contributed by atoms with Gasteiger partial charge in [-0.05, 0) is 72.1 Å². The molecule has 0 bridgehead atoms.